The predicted molar refractivity (Wildman–Crippen MR) is 133 cm³/mol. The topological polar surface area (TPSA) is 86.8 Å². The molecule has 0 saturated heterocycles. The predicted octanol–water partition coefficient (Wildman–Crippen LogP) is 3.83. The van der Waals surface area contributed by atoms with Crippen LogP contribution in [-0.4, -0.2) is 50.0 Å². The maximum Gasteiger partial charge on any atom is 0.244 e. The van der Waals surface area contributed by atoms with E-state index in [2.05, 4.69) is 21.2 Å². The van der Waals surface area contributed by atoms with Gasteiger partial charge < -0.3 is 10.2 Å². The lowest BCUT2D eigenvalue weighted by Gasteiger charge is -2.32. The Morgan fingerprint density at radius 2 is 1.68 bits per heavy atom. The second-order valence-corrected chi connectivity index (χ2v) is 11.4. The SMILES string of the molecule is C[C@@H](C(=O)NC1CCCC1)N(Cc1ccc(F)cc1)C(=O)CN(c1ccc(Br)cc1)S(C)(=O)=O. The number of benzene rings is 2. The molecule has 0 heterocycles. The normalized spacial score (nSPS) is 15.1. The van der Waals surface area contributed by atoms with Crippen LogP contribution in [0.25, 0.3) is 0 Å². The van der Waals surface area contributed by atoms with Gasteiger partial charge in [0.15, 0.2) is 0 Å². The molecule has 0 unspecified atom stereocenters. The minimum atomic E-state index is -3.78. The van der Waals surface area contributed by atoms with Crippen molar-refractivity contribution in [1.82, 2.24) is 10.2 Å². The summed E-state index contributed by atoms with van der Waals surface area (Å²) < 4.78 is 40.2. The van der Waals surface area contributed by atoms with Crippen LogP contribution < -0.4 is 9.62 Å². The summed E-state index contributed by atoms with van der Waals surface area (Å²) in [4.78, 5) is 27.8. The molecule has 184 valence electrons. The zero-order chi connectivity index (χ0) is 24.9. The molecule has 1 aliphatic rings. The van der Waals surface area contributed by atoms with Gasteiger partial charge >= 0.3 is 0 Å². The maximum atomic E-state index is 13.5. The number of amides is 2. The average Bonchev–Trinajstić information content (AvgIpc) is 3.29. The van der Waals surface area contributed by atoms with Crippen LogP contribution in [0.5, 0.6) is 0 Å². The van der Waals surface area contributed by atoms with E-state index in [1.807, 2.05) is 0 Å². The summed E-state index contributed by atoms with van der Waals surface area (Å²) in [7, 11) is -3.78. The first-order valence-electron chi connectivity index (χ1n) is 11.1. The highest BCUT2D eigenvalue weighted by Gasteiger charge is 2.31. The molecule has 2 aromatic carbocycles. The van der Waals surface area contributed by atoms with Crippen LogP contribution in [0.15, 0.2) is 53.0 Å². The number of sulfonamides is 1. The Morgan fingerprint density at radius 3 is 2.24 bits per heavy atom. The lowest BCUT2D eigenvalue weighted by molar-refractivity contribution is -0.139. The van der Waals surface area contributed by atoms with Crippen LogP contribution in [0.2, 0.25) is 0 Å². The van der Waals surface area contributed by atoms with Gasteiger partial charge in [0.1, 0.15) is 18.4 Å². The van der Waals surface area contributed by atoms with Gasteiger partial charge in [0.05, 0.1) is 11.9 Å². The molecule has 0 spiro atoms. The molecule has 2 amide bonds. The molecule has 1 atom stereocenters. The lowest BCUT2D eigenvalue weighted by atomic mass is 10.1. The van der Waals surface area contributed by atoms with E-state index in [-0.39, 0.29) is 18.5 Å². The first-order valence-corrected chi connectivity index (χ1v) is 13.8. The number of anilines is 1. The van der Waals surface area contributed by atoms with E-state index in [1.165, 1.54) is 17.0 Å². The summed E-state index contributed by atoms with van der Waals surface area (Å²) >= 11 is 3.32. The third-order valence-corrected chi connectivity index (χ3v) is 7.60. The van der Waals surface area contributed by atoms with Crippen molar-refractivity contribution in [3.8, 4) is 0 Å². The van der Waals surface area contributed by atoms with Crippen LogP contribution in [0, 0.1) is 5.82 Å². The van der Waals surface area contributed by atoms with E-state index in [0.29, 0.717) is 11.3 Å². The molecule has 0 aromatic heterocycles. The zero-order valence-electron chi connectivity index (χ0n) is 19.2. The van der Waals surface area contributed by atoms with Gasteiger partial charge in [0, 0.05) is 17.1 Å². The first kappa shape index (κ1) is 26.2. The molecular weight excluding hydrogens is 525 g/mol. The molecule has 1 aliphatic carbocycles. The third-order valence-electron chi connectivity index (χ3n) is 5.93. The number of hydrogen-bond donors (Lipinski definition) is 1. The summed E-state index contributed by atoms with van der Waals surface area (Å²) in [5, 5.41) is 3.00. The molecular formula is C24H29BrFN3O4S. The largest absolute Gasteiger partial charge is 0.352 e. The average molecular weight is 554 g/mol. The molecule has 3 rings (SSSR count). The van der Waals surface area contributed by atoms with E-state index in [0.717, 1.165) is 40.7 Å². The van der Waals surface area contributed by atoms with Crippen molar-refractivity contribution < 1.29 is 22.4 Å². The van der Waals surface area contributed by atoms with Gasteiger partial charge in [0.2, 0.25) is 21.8 Å². The van der Waals surface area contributed by atoms with Crippen LogP contribution in [0.3, 0.4) is 0 Å². The maximum absolute atomic E-state index is 13.5. The fraction of sp³-hybridized carbons (Fsp3) is 0.417. The van der Waals surface area contributed by atoms with E-state index in [4.69, 9.17) is 0 Å². The molecule has 1 N–H and O–H groups in total. The zero-order valence-corrected chi connectivity index (χ0v) is 21.6. The lowest BCUT2D eigenvalue weighted by Crippen LogP contribution is -2.52. The van der Waals surface area contributed by atoms with E-state index >= 15 is 0 Å². The van der Waals surface area contributed by atoms with E-state index < -0.39 is 34.3 Å². The van der Waals surface area contributed by atoms with Crippen molar-refractivity contribution >= 4 is 43.5 Å². The number of rotatable bonds is 9. The number of nitrogens with zero attached hydrogens (tertiary/aromatic N) is 2. The number of hydrogen-bond acceptors (Lipinski definition) is 4. The molecule has 0 radical (unpaired) electrons. The number of halogens is 2. The second-order valence-electron chi connectivity index (χ2n) is 8.56. The first-order chi connectivity index (χ1) is 16.0. The Morgan fingerprint density at radius 1 is 1.09 bits per heavy atom. The van der Waals surface area contributed by atoms with Crippen LogP contribution >= 0.6 is 15.9 Å². The number of carbonyl (C=O) groups is 2. The summed E-state index contributed by atoms with van der Waals surface area (Å²) in [6, 6.07) is 11.5. The van der Waals surface area contributed by atoms with Crippen molar-refractivity contribution in [1.29, 1.82) is 0 Å². The highest BCUT2D eigenvalue weighted by molar-refractivity contribution is 9.10. The minimum Gasteiger partial charge on any atom is -0.352 e. The molecule has 1 saturated carbocycles. The highest BCUT2D eigenvalue weighted by Crippen LogP contribution is 2.22. The molecule has 0 aliphatic heterocycles. The van der Waals surface area contributed by atoms with Gasteiger partial charge in [-0.25, -0.2) is 12.8 Å². The summed E-state index contributed by atoms with van der Waals surface area (Å²) in [5.74, 6) is -1.24. The van der Waals surface area contributed by atoms with Crippen molar-refractivity contribution in [2.24, 2.45) is 0 Å². The van der Waals surface area contributed by atoms with Gasteiger partial charge in [-0.1, -0.05) is 40.9 Å². The number of nitrogens with one attached hydrogen (secondary N) is 1. The van der Waals surface area contributed by atoms with E-state index in [9.17, 15) is 22.4 Å². The van der Waals surface area contributed by atoms with Crippen molar-refractivity contribution in [2.45, 2.75) is 51.2 Å². The fourth-order valence-electron chi connectivity index (χ4n) is 3.98. The smallest absolute Gasteiger partial charge is 0.244 e. The van der Waals surface area contributed by atoms with Crippen LogP contribution in [0.4, 0.5) is 10.1 Å². The highest BCUT2D eigenvalue weighted by atomic mass is 79.9. The van der Waals surface area contributed by atoms with Gasteiger partial charge in [0.25, 0.3) is 0 Å². The molecule has 0 bridgehead atoms. The molecule has 7 nitrogen and oxygen atoms in total. The molecule has 2 aromatic rings. The Hall–Kier alpha value is -2.46. The second kappa shape index (κ2) is 11.3. The number of carbonyl (C=O) groups excluding carboxylic acids is 2. The summed E-state index contributed by atoms with van der Waals surface area (Å²) in [5.41, 5.74) is 0.966. The minimum absolute atomic E-state index is 0.0380. The Kier molecular flexibility index (Phi) is 8.70. The standard InChI is InChI=1S/C24H29BrFN3O4S/c1-17(24(31)27-21-5-3-4-6-21)28(15-18-7-11-20(26)12-8-18)23(30)16-29(34(2,32)33)22-13-9-19(25)10-14-22/h7-14,17,21H,3-6,15-16H2,1-2H3,(H,27,31)/t17-/m0/s1. The Bertz CT molecular complexity index is 1100. The molecule has 10 heteroatoms. The quantitative estimate of drug-likeness (QED) is 0.511. The summed E-state index contributed by atoms with van der Waals surface area (Å²) in [6.45, 7) is 1.19. The van der Waals surface area contributed by atoms with Gasteiger partial charge in [-0.05, 0) is 61.7 Å². The van der Waals surface area contributed by atoms with E-state index in [1.54, 1.807) is 43.3 Å². The van der Waals surface area contributed by atoms with Crippen LogP contribution in [0.1, 0.15) is 38.2 Å². The Labute approximate surface area is 208 Å². The summed E-state index contributed by atoms with van der Waals surface area (Å²) in [6.07, 6.45) is 4.93. The fourth-order valence-corrected chi connectivity index (χ4v) is 5.10. The Balaban J connectivity index is 1.86. The van der Waals surface area contributed by atoms with Crippen molar-refractivity contribution in [3.63, 3.8) is 0 Å². The van der Waals surface area contributed by atoms with Gasteiger partial charge in [-0.2, -0.15) is 0 Å². The van der Waals surface area contributed by atoms with Gasteiger partial charge in [-0.15, -0.1) is 0 Å². The molecule has 1 fully saturated rings. The van der Waals surface area contributed by atoms with Gasteiger partial charge in [-0.3, -0.25) is 13.9 Å². The van der Waals surface area contributed by atoms with Crippen molar-refractivity contribution in [2.75, 3.05) is 17.1 Å². The van der Waals surface area contributed by atoms with Crippen LogP contribution in [-0.2, 0) is 26.2 Å². The monoisotopic (exact) mass is 553 g/mol. The van der Waals surface area contributed by atoms with Crippen molar-refractivity contribution in [3.05, 3.63) is 64.4 Å². The third kappa shape index (κ3) is 7.02. The molecule has 34 heavy (non-hydrogen) atoms.